The van der Waals surface area contributed by atoms with E-state index in [-0.39, 0.29) is 10.8 Å². The summed E-state index contributed by atoms with van der Waals surface area (Å²) in [5, 5.41) is 0. The summed E-state index contributed by atoms with van der Waals surface area (Å²) in [5.74, 6) is 0.100. The molecule has 1 heterocycles. The van der Waals surface area contributed by atoms with Gasteiger partial charge >= 0.3 is 0 Å². The Morgan fingerprint density at radius 2 is 1.90 bits per heavy atom. The molecule has 21 heavy (non-hydrogen) atoms. The Morgan fingerprint density at radius 1 is 1.19 bits per heavy atom. The van der Waals surface area contributed by atoms with Gasteiger partial charge in [-0.25, -0.2) is 13.1 Å². The topological polar surface area (TPSA) is 66.5 Å². The number of rotatable bonds is 7. The van der Waals surface area contributed by atoms with E-state index >= 15 is 0 Å². The molecule has 5 nitrogen and oxygen atoms in total. The smallest absolute Gasteiger partial charge is 0.240 e. The molecular formula is C15H22N2O3S. The molecule has 2 rings (SSSR count). The number of carbonyl (C=O) groups excluding carboxylic acids is 1. The summed E-state index contributed by atoms with van der Waals surface area (Å²) in [7, 11) is -3.45. The SMILES string of the molecule is CCCCCNS(=O)(=O)c1ccc(N2CCCC2=O)cc1. The van der Waals surface area contributed by atoms with E-state index in [0.29, 0.717) is 19.5 Å². The Kier molecular flexibility index (Phi) is 5.36. The second-order valence-corrected chi connectivity index (χ2v) is 7.01. The van der Waals surface area contributed by atoms with Gasteiger partial charge < -0.3 is 4.90 Å². The van der Waals surface area contributed by atoms with Crippen LogP contribution in [0.25, 0.3) is 0 Å². The lowest BCUT2D eigenvalue weighted by molar-refractivity contribution is -0.117. The first kappa shape index (κ1) is 16.0. The van der Waals surface area contributed by atoms with Crippen molar-refractivity contribution in [1.29, 1.82) is 0 Å². The van der Waals surface area contributed by atoms with E-state index in [2.05, 4.69) is 11.6 Å². The molecule has 1 aliphatic rings. The predicted octanol–water partition coefficient (Wildman–Crippen LogP) is 2.28. The van der Waals surface area contributed by atoms with Crippen LogP contribution in [0.5, 0.6) is 0 Å². The molecule has 0 atom stereocenters. The van der Waals surface area contributed by atoms with Gasteiger partial charge in [-0.2, -0.15) is 0 Å². The van der Waals surface area contributed by atoms with Crippen LogP contribution < -0.4 is 9.62 Å². The van der Waals surface area contributed by atoms with E-state index in [1.165, 1.54) is 0 Å². The van der Waals surface area contributed by atoms with Crippen LogP contribution in [0.4, 0.5) is 5.69 Å². The van der Waals surface area contributed by atoms with Crippen molar-refractivity contribution in [3.8, 4) is 0 Å². The predicted molar refractivity (Wildman–Crippen MR) is 82.7 cm³/mol. The van der Waals surface area contributed by atoms with Gasteiger partial charge in [0.2, 0.25) is 15.9 Å². The summed E-state index contributed by atoms with van der Waals surface area (Å²) in [4.78, 5) is 13.6. The third kappa shape index (κ3) is 4.04. The van der Waals surface area contributed by atoms with Gasteiger partial charge in [-0.05, 0) is 37.1 Å². The molecule has 1 saturated heterocycles. The fourth-order valence-corrected chi connectivity index (χ4v) is 3.47. The molecule has 1 amide bonds. The zero-order chi connectivity index (χ0) is 15.3. The molecule has 0 saturated carbocycles. The fraction of sp³-hybridized carbons (Fsp3) is 0.533. The van der Waals surface area contributed by atoms with E-state index in [1.54, 1.807) is 29.2 Å². The highest BCUT2D eigenvalue weighted by atomic mass is 32.2. The highest BCUT2D eigenvalue weighted by Crippen LogP contribution is 2.22. The normalized spacial score (nSPS) is 15.7. The van der Waals surface area contributed by atoms with Crippen LogP contribution in [0.1, 0.15) is 39.0 Å². The van der Waals surface area contributed by atoms with Crippen molar-refractivity contribution in [3.05, 3.63) is 24.3 Å². The summed E-state index contributed by atoms with van der Waals surface area (Å²) in [5.41, 5.74) is 0.766. The van der Waals surface area contributed by atoms with Crippen LogP contribution in [-0.2, 0) is 14.8 Å². The van der Waals surface area contributed by atoms with Crippen LogP contribution in [0, 0.1) is 0 Å². The maximum absolute atomic E-state index is 12.1. The molecule has 0 radical (unpaired) electrons. The zero-order valence-corrected chi connectivity index (χ0v) is 13.2. The van der Waals surface area contributed by atoms with Crippen molar-refractivity contribution in [2.24, 2.45) is 0 Å². The lowest BCUT2D eigenvalue weighted by atomic mass is 10.3. The van der Waals surface area contributed by atoms with Crippen LogP contribution in [-0.4, -0.2) is 27.4 Å². The van der Waals surface area contributed by atoms with E-state index in [1.807, 2.05) is 0 Å². The molecule has 0 bridgehead atoms. The number of sulfonamides is 1. The first-order valence-corrected chi connectivity index (χ1v) is 8.93. The van der Waals surface area contributed by atoms with Crippen LogP contribution in [0.15, 0.2) is 29.2 Å². The molecule has 1 N–H and O–H groups in total. The Balaban J connectivity index is 2.02. The summed E-state index contributed by atoms with van der Waals surface area (Å²) >= 11 is 0. The largest absolute Gasteiger partial charge is 0.312 e. The van der Waals surface area contributed by atoms with Crippen molar-refractivity contribution in [3.63, 3.8) is 0 Å². The second-order valence-electron chi connectivity index (χ2n) is 5.25. The van der Waals surface area contributed by atoms with Crippen molar-refractivity contribution in [1.82, 2.24) is 4.72 Å². The molecule has 1 aromatic rings. The van der Waals surface area contributed by atoms with Gasteiger partial charge in [-0.1, -0.05) is 19.8 Å². The average molecular weight is 310 g/mol. The number of nitrogens with zero attached hydrogens (tertiary/aromatic N) is 1. The Hall–Kier alpha value is -1.40. The molecule has 1 fully saturated rings. The Morgan fingerprint density at radius 3 is 2.48 bits per heavy atom. The molecule has 1 aliphatic heterocycles. The minimum absolute atomic E-state index is 0.100. The minimum Gasteiger partial charge on any atom is -0.312 e. The van der Waals surface area contributed by atoms with Gasteiger partial charge in [0.1, 0.15) is 0 Å². The third-order valence-electron chi connectivity index (χ3n) is 3.60. The van der Waals surface area contributed by atoms with Crippen molar-refractivity contribution >= 4 is 21.6 Å². The third-order valence-corrected chi connectivity index (χ3v) is 5.08. The zero-order valence-electron chi connectivity index (χ0n) is 12.3. The molecule has 1 aromatic carbocycles. The molecule has 116 valence electrons. The molecule has 0 aliphatic carbocycles. The minimum atomic E-state index is -3.45. The first-order chi connectivity index (χ1) is 10.0. The molecule has 0 aromatic heterocycles. The first-order valence-electron chi connectivity index (χ1n) is 7.44. The quantitative estimate of drug-likeness (QED) is 0.786. The summed E-state index contributed by atoms with van der Waals surface area (Å²) < 4.78 is 26.8. The van der Waals surface area contributed by atoms with Gasteiger partial charge in [0.25, 0.3) is 0 Å². The van der Waals surface area contributed by atoms with Crippen molar-refractivity contribution in [2.75, 3.05) is 18.0 Å². The van der Waals surface area contributed by atoms with Crippen molar-refractivity contribution < 1.29 is 13.2 Å². The molecule has 6 heteroatoms. The number of hydrogen-bond donors (Lipinski definition) is 1. The maximum Gasteiger partial charge on any atom is 0.240 e. The van der Waals surface area contributed by atoms with Gasteiger partial charge in [-0.3, -0.25) is 4.79 Å². The van der Waals surface area contributed by atoms with Gasteiger partial charge in [0.15, 0.2) is 0 Å². The number of anilines is 1. The lowest BCUT2D eigenvalue weighted by Gasteiger charge is -2.16. The number of amides is 1. The van der Waals surface area contributed by atoms with Gasteiger partial charge in [-0.15, -0.1) is 0 Å². The number of hydrogen-bond acceptors (Lipinski definition) is 3. The van der Waals surface area contributed by atoms with Crippen LogP contribution in [0.3, 0.4) is 0 Å². The average Bonchev–Trinajstić information content (AvgIpc) is 2.90. The summed E-state index contributed by atoms with van der Waals surface area (Å²) in [6, 6.07) is 6.51. The Bertz CT molecular complexity index is 581. The number of nitrogens with one attached hydrogen (secondary N) is 1. The van der Waals surface area contributed by atoms with E-state index < -0.39 is 10.0 Å². The van der Waals surface area contributed by atoms with E-state index in [9.17, 15) is 13.2 Å². The molecular weight excluding hydrogens is 288 g/mol. The maximum atomic E-state index is 12.1. The monoisotopic (exact) mass is 310 g/mol. The number of unbranched alkanes of at least 4 members (excludes halogenated alkanes) is 2. The Labute approximate surface area is 126 Å². The molecule has 0 unspecified atom stereocenters. The van der Waals surface area contributed by atoms with Crippen molar-refractivity contribution in [2.45, 2.75) is 43.9 Å². The van der Waals surface area contributed by atoms with Gasteiger partial charge in [0, 0.05) is 25.2 Å². The van der Waals surface area contributed by atoms with E-state index in [0.717, 1.165) is 31.4 Å². The molecule has 0 spiro atoms. The second kappa shape index (κ2) is 7.04. The van der Waals surface area contributed by atoms with Crippen LogP contribution >= 0.6 is 0 Å². The van der Waals surface area contributed by atoms with Crippen LogP contribution in [0.2, 0.25) is 0 Å². The highest BCUT2D eigenvalue weighted by Gasteiger charge is 2.22. The lowest BCUT2D eigenvalue weighted by Crippen LogP contribution is -2.25. The standard InChI is InChI=1S/C15H22N2O3S/c1-2-3-4-11-16-21(19,20)14-9-7-13(8-10-14)17-12-5-6-15(17)18/h7-10,16H,2-6,11-12H2,1H3. The number of benzene rings is 1. The number of carbonyl (C=O) groups is 1. The van der Waals surface area contributed by atoms with Gasteiger partial charge in [0.05, 0.1) is 4.90 Å². The fourth-order valence-electron chi connectivity index (χ4n) is 2.39. The summed E-state index contributed by atoms with van der Waals surface area (Å²) in [6.45, 7) is 3.25. The highest BCUT2D eigenvalue weighted by molar-refractivity contribution is 7.89. The summed E-state index contributed by atoms with van der Waals surface area (Å²) in [6.07, 6.45) is 4.34. The van der Waals surface area contributed by atoms with E-state index in [4.69, 9.17) is 0 Å².